The third kappa shape index (κ3) is 6.67. The number of rotatable bonds is 10. The van der Waals surface area contributed by atoms with Gasteiger partial charge in [0.05, 0.1) is 0 Å². The highest BCUT2D eigenvalue weighted by Crippen LogP contribution is 2.06. The molecule has 0 spiro atoms. The lowest BCUT2D eigenvalue weighted by molar-refractivity contribution is 0.628. The Morgan fingerprint density at radius 1 is 0.722 bits per heavy atom. The largest absolute Gasteiger partial charge is 0.218 e. The van der Waals surface area contributed by atoms with Crippen LogP contribution in [-0.2, 0) is 12.8 Å². The highest BCUT2D eigenvalue weighted by molar-refractivity contribution is 4.90. The molecule has 0 saturated carbocycles. The monoisotopic (exact) mass is 248 g/mol. The second kappa shape index (κ2) is 9.98. The van der Waals surface area contributed by atoms with Gasteiger partial charge in [0.15, 0.2) is 0 Å². The van der Waals surface area contributed by atoms with E-state index >= 15 is 0 Å². The van der Waals surface area contributed by atoms with Crippen LogP contribution in [-0.4, -0.2) is 15.0 Å². The van der Waals surface area contributed by atoms with E-state index in [1.54, 1.807) is 0 Å². The van der Waals surface area contributed by atoms with Crippen LogP contribution in [0.5, 0.6) is 0 Å². The number of aromatic nitrogens is 3. The summed E-state index contributed by atoms with van der Waals surface area (Å²) >= 11 is 0. The average Bonchev–Trinajstić information content (AvgIpc) is 2.40. The van der Waals surface area contributed by atoms with Crippen molar-refractivity contribution in [1.29, 1.82) is 0 Å². The van der Waals surface area contributed by atoms with Crippen LogP contribution in [0, 0.1) is 6.33 Å². The Morgan fingerprint density at radius 2 is 1.22 bits per heavy atom. The second-order valence-corrected chi connectivity index (χ2v) is 4.89. The molecule has 0 bridgehead atoms. The lowest BCUT2D eigenvalue weighted by Crippen LogP contribution is -2.03. The molecule has 0 N–H and O–H groups in total. The first-order chi connectivity index (χ1) is 8.86. The molecule has 1 radical (unpaired) electrons. The fourth-order valence-electron chi connectivity index (χ4n) is 1.98. The van der Waals surface area contributed by atoms with Crippen molar-refractivity contribution in [2.45, 2.75) is 78.1 Å². The topological polar surface area (TPSA) is 38.7 Å². The quantitative estimate of drug-likeness (QED) is 0.589. The molecular formula is C15H26N3. The van der Waals surface area contributed by atoms with Gasteiger partial charge in [-0.2, -0.15) is 0 Å². The van der Waals surface area contributed by atoms with Crippen molar-refractivity contribution in [1.82, 2.24) is 15.0 Å². The first kappa shape index (κ1) is 15.1. The van der Waals surface area contributed by atoms with Crippen LogP contribution in [0.25, 0.3) is 0 Å². The molecule has 18 heavy (non-hydrogen) atoms. The maximum absolute atomic E-state index is 4.51. The Labute approximate surface area is 111 Å². The van der Waals surface area contributed by atoms with Crippen molar-refractivity contribution >= 4 is 0 Å². The van der Waals surface area contributed by atoms with E-state index in [9.17, 15) is 0 Å². The molecule has 0 atom stereocenters. The third-order valence-corrected chi connectivity index (χ3v) is 3.12. The van der Waals surface area contributed by atoms with Crippen LogP contribution in [0.2, 0.25) is 0 Å². The Balaban J connectivity index is 2.27. The van der Waals surface area contributed by atoms with Crippen molar-refractivity contribution in [2.24, 2.45) is 0 Å². The summed E-state index contributed by atoms with van der Waals surface area (Å²) in [6, 6.07) is 0. The van der Waals surface area contributed by atoms with Crippen molar-refractivity contribution < 1.29 is 0 Å². The van der Waals surface area contributed by atoms with Gasteiger partial charge in [-0.25, -0.2) is 15.0 Å². The van der Waals surface area contributed by atoms with Gasteiger partial charge in [-0.1, -0.05) is 52.4 Å². The number of hydrogen-bond acceptors (Lipinski definition) is 3. The smallest absolute Gasteiger partial charge is 0.201 e. The predicted molar refractivity (Wildman–Crippen MR) is 74.4 cm³/mol. The van der Waals surface area contributed by atoms with Gasteiger partial charge in [-0.3, -0.25) is 0 Å². The molecule has 1 aromatic heterocycles. The Bertz CT molecular complexity index is 285. The molecule has 1 heterocycles. The van der Waals surface area contributed by atoms with Crippen LogP contribution < -0.4 is 0 Å². The van der Waals surface area contributed by atoms with Gasteiger partial charge < -0.3 is 0 Å². The van der Waals surface area contributed by atoms with E-state index in [2.05, 4.69) is 35.1 Å². The molecule has 0 saturated heterocycles. The Hall–Kier alpha value is -0.990. The zero-order valence-corrected chi connectivity index (χ0v) is 11.9. The van der Waals surface area contributed by atoms with Gasteiger partial charge in [-0.15, -0.1) is 0 Å². The zero-order valence-electron chi connectivity index (χ0n) is 11.9. The normalized spacial score (nSPS) is 10.8. The minimum atomic E-state index is 0.923. The minimum absolute atomic E-state index is 0.923. The van der Waals surface area contributed by atoms with E-state index in [1.807, 2.05) is 0 Å². The van der Waals surface area contributed by atoms with Gasteiger partial charge >= 0.3 is 0 Å². The molecule has 101 valence electrons. The maximum atomic E-state index is 4.51. The number of hydrogen-bond donors (Lipinski definition) is 0. The van der Waals surface area contributed by atoms with Gasteiger partial charge in [0.25, 0.3) is 0 Å². The predicted octanol–water partition coefficient (Wildman–Crippen LogP) is 3.92. The Kier molecular flexibility index (Phi) is 8.36. The average molecular weight is 248 g/mol. The van der Waals surface area contributed by atoms with Gasteiger partial charge in [0.1, 0.15) is 11.6 Å². The van der Waals surface area contributed by atoms with Gasteiger partial charge in [0, 0.05) is 12.8 Å². The van der Waals surface area contributed by atoms with Crippen LogP contribution >= 0.6 is 0 Å². The summed E-state index contributed by atoms with van der Waals surface area (Å²) in [5, 5.41) is 0. The molecule has 0 amide bonds. The molecule has 0 aliphatic heterocycles. The summed E-state index contributed by atoms with van der Waals surface area (Å²) in [5.74, 6) is 1.85. The van der Waals surface area contributed by atoms with E-state index in [0.717, 1.165) is 24.5 Å². The molecule has 1 rings (SSSR count). The van der Waals surface area contributed by atoms with E-state index in [-0.39, 0.29) is 0 Å². The summed E-state index contributed by atoms with van der Waals surface area (Å²) in [5.41, 5.74) is 0. The van der Waals surface area contributed by atoms with E-state index in [4.69, 9.17) is 0 Å². The molecule has 0 aromatic carbocycles. The lowest BCUT2D eigenvalue weighted by Gasteiger charge is -2.02. The molecule has 1 aromatic rings. The van der Waals surface area contributed by atoms with Crippen molar-refractivity contribution in [3.63, 3.8) is 0 Å². The highest BCUT2D eigenvalue weighted by Gasteiger charge is 2.01. The van der Waals surface area contributed by atoms with Crippen LogP contribution in [0.4, 0.5) is 0 Å². The molecule has 3 nitrogen and oxygen atoms in total. The van der Waals surface area contributed by atoms with E-state index in [0.29, 0.717) is 0 Å². The molecule has 0 fully saturated rings. The van der Waals surface area contributed by atoms with Crippen molar-refractivity contribution in [3.05, 3.63) is 18.0 Å². The second-order valence-electron chi connectivity index (χ2n) is 4.89. The summed E-state index contributed by atoms with van der Waals surface area (Å²) in [6.45, 7) is 4.45. The molecule has 3 heteroatoms. The number of unbranched alkanes of at least 4 members (excludes halogenated alkanes) is 6. The summed E-state index contributed by atoms with van der Waals surface area (Å²) in [6.07, 6.45) is 14.8. The summed E-state index contributed by atoms with van der Waals surface area (Å²) in [7, 11) is 0. The van der Waals surface area contributed by atoms with Crippen LogP contribution in [0.3, 0.4) is 0 Å². The van der Waals surface area contributed by atoms with Crippen molar-refractivity contribution in [3.8, 4) is 0 Å². The SMILES string of the molecule is CCCCCCc1n[c]nc(CCCCCC)n1. The summed E-state index contributed by atoms with van der Waals surface area (Å²) in [4.78, 5) is 12.8. The van der Waals surface area contributed by atoms with Crippen molar-refractivity contribution in [2.75, 3.05) is 0 Å². The molecule has 0 unspecified atom stereocenters. The first-order valence-corrected chi connectivity index (χ1v) is 7.46. The van der Waals surface area contributed by atoms with Gasteiger partial charge in [-0.05, 0) is 12.8 Å². The fraction of sp³-hybridized carbons (Fsp3) is 0.800. The lowest BCUT2D eigenvalue weighted by atomic mass is 10.1. The van der Waals surface area contributed by atoms with E-state index < -0.39 is 0 Å². The Morgan fingerprint density at radius 3 is 1.67 bits per heavy atom. The zero-order chi connectivity index (χ0) is 13.1. The number of nitrogens with zero attached hydrogens (tertiary/aromatic N) is 3. The maximum Gasteiger partial charge on any atom is 0.201 e. The molecule has 0 aliphatic carbocycles. The summed E-state index contributed by atoms with van der Waals surface area (Å²) < 4.78 is 0. The van der Waals surface area contributed by atoms with Crippen LogP contribution in [0.15, 0.2) is 0 Å². The third-order valence-electron chi connectivity index (χ3n) is 3.12. The highest BCUT2D eigenvalue weighted by atomic mass is 15.0. The van der Waals surface area contributed by atoms with E-state index in [1.165, 1.54) is 51.4 Å². The van der Waals surface area contributed by atoms with Crippen LogP contribution in [0.1, 0.15) is 76.9 Å². The molecular weight excluding hydrogens is 222 g/mol. The fourth-order valence-corrected chi connectivity index (χ4v) is 1.98. The number of aryl methyl sites for hydroxylation is 2. The molecule has 0 aliphatic rings. The minimum Gasteiger partial charge on any atom is -0.218 e. The standard InChI is InChI=1S/C15H26N3/c1-3-5-7-9-11-14-16-13-17-15(18-14)12-10-8-6-4-2/h3-12H2,1-2H3. The first-order valence-electron chi connectivity index (χ1n) is 7.46. The van der Waals surface area contributed by atoms with Gasteiger partial charge in [0.2, 0.25) is 6.33 Å².